The number of rotatable bonds is 8. The van der Waals surface area contributed by atoms with Gasteiger partial charge in [0.2, 0.25) is 17.6 Å². The molecule has 0 bridgehead atoms. The van der Waals surface area contributed by atoms with Gasteiger partial charge in [0.1, 0.15) is 6.54 Å². The summed E-state index contributed by atoms with van der Waals surface area (Å²) in [6.45, 7) is 0.206. The van der Waals surface area contributed by atoms with Gasteiger partial charge in [0, 0.05) is 37.3 Å². The number of aromatic nitrogens is 3. The number of ether oxygens (including phenoxy) is 1. The highest BCUT2D eigenvalue weighted by Crippen LogP contribution is 2.15. The molecule has 0 spiro atoms. The van der Waals surface area contributed by atoms with Crippen molar-refractivity contribution in [1.82, 2.24) is 20.0 Å². The zero-order chi connectivity index (χ0) is 19.8. The highest BCUT2D eigenvalue weighted by atomic mass is 16.5. The van der Waals surface area contributed by atoms with E-state index < -0.39 is 5.97 Å². The smallest absolute Gasteiger partial charge is 0.325 e. The number of aryl methyl sites for hydroxylation is 1. The van der Waals surface area contributed by atoms with Crippen molar-refractivity contribution in [2.24, 2.45) is 0 Å². The van der Waals surface area contributed by atoms with Gasteiger partial charge in [-0.15, -0.1) is 0 Å². The van der Waals surface area contributed by atoms with Gasteiger partial charge < -0.3 is 14.2 Å². The third kappa shape index (κ3) is 5.23. The van der Waals surface area contributed by atoms with Crippen molar-refractivity contribution in [2.45, 2.75) is 19.4 Å². The van der Waals surface area contributed by atoms with Gasteiger partial charge in [0.25, 0.3) is 0 Å². The maximum absolute atomic E-state index is 12.7. The highest BCUT2D eigenvalue weighted by Gasteiger charge is 2.19. The topological polar surface area (TPSA) is 98.4 Å². The summed E-state index contributed by atoms with van der Waals surface area (Å²) in [5.74, 6) is 0.137. The molecule has 0 saturated heterocycles. The van der Waals surface area contributed by atoms with E-state index in [1.165, 1.54) is 12.0 Å². The molecule has 0 saturated carbocycles. The summed E-state index contributed by atoms with van der Waals surface area (Å²) >= 11 is 0. The number of pyridine rings is 1. The summed E-state index contributed by atoms with van der Waals surface area (Å²) in [6.07, 6.45) is 3.71. The van der Waals surface area contributed by atoms with Crippen LogP contribution >= 0.6 is 0 Å². The van der Waals surface area contributed by atoms with E-state index in [4.69, 9.17) is 9.26 Å². The number of hydrogen-bond acceptors (Lipinski definition) is 7. The van der Waals surface area contributed by atoms with Crippen LogP contribution in [0.5, 0.6) is 0 Å². The van der Waals surface area contributed by atoms with E-state index in [2.05, 4.69) is 15.1 Å². The number of carbonyl (C=O) groups is 2. The summed E-state index contributed by atoms with van der Waals surface area (Å²) in [4.78, 5) is 34.1. The van der Waals surface area contributed by atoms with Crippen LogP contribution in [0.3, 0.4) is 0 Å². The quantitative estimate of drug-likeness (QED) is 0.553. The van der Waals surface area contributed by atoms with Crippen molar-refractivity contribution in [1.29, 1.82) is 0 Å². The predicted octanol–water partition coefficient (Wildman–Crippen LogP) is 2.27. The highest BCUT2D eigenvalue weighted by molar-refractivity contribution is 5.82. The predicted molar refractivity (Wildman–Crippen MR) is 99.7 cm³/mol. The molecule has 8 nitrogen and oxygen atoms in total. The lowest BCUT2D eigenvalue weighted by atomic mass is 10.2. The van der Waals surface area contributed by atoms with Gasteiger partial charge in [0.05, 0.1) is 7.11 Å². The molecule has 2 heterocycles. The fraction of sp³-hybridized carbons (Fsp3) is 0.250. The molecule has 0 radical (unpaired) electrons. The lowest BCUT2D eigenvalue weighted by Crippen LogP contribution is -2.35. The SMILES string of the molecule is COC(=O)CN(Cc1ccccc1)C(=O)CCc1nc(-c2ccncc2)no1. The Morgan fingerprint density at radius 1 is 1.11 bits per heavy atom. The molecule has 0 aliphatic carbocycles. The largest absolute Gasteiger partial charge is 0.468 e. The second-order valence-corrected chi connectivity index (χ2v) is 6.06. The molecule has 0 aliphatic rings. The van der Waals surface area contributed by atoms with Crippen LogP contribution in [-0.4, -0.2) is 45.6 Å². The molecule has 2 aromatic heterocycles. The Morgan fingerprint density at radius 3 is 2.57 bits per heavy atom. The number of hydrogen-bond donors (Lipinski definition) is 0. The van der Waals surface area contributed by atoms with Crippen molar-refractivity contribution in [3.8, 4) is 11.4 Å². The van der Waals surface area contributed by atoms with Crippen LogP contribution in [-0.2, 0) is 27.3 Å². The lowest BCUT2D eigenvalue weighted by molar-refractivity contribution is -0.147. The first-order valence-electron chi connectivity index (χ1n) is 8.77. The molecular weight excluding hydrogens is 360 g/mol. The van der Waals surface area contributed by atoms with Gasteiger partial charge in [-0.25, -0.2) is 0 Å². The molecule has 1 aromatic carbocycles. The van der Waals surface area contributed by atoms with Crippen molar-refractivity contribution >= 4 is 11.9 Å². The van der Waals surface area contributed by atoms with Crippen molar-refractivity contribution in [2.75, 3.05) is 13.7 Å². The summed E-state index contributed by atoms with van der Waals surface area (Å²) in [7, 11) is 1.30. The Bertz CT molecular complexity index is 912. The number of amides is 1. The molecule has 0 N–H and O–H groups in total. The number of nitrogens with zero attached hydrogens (tertiary/aromatic N) is 4. The van der Waals surface area contributed by atoms with E-state index >= 15 is 0 Å². The Kier molecular flexibility index (Phi) is 6.46. The zero-order valence-corrected chi connectivity index (χ0v) is 15.4. The van der Waals surface area contributed by atoms with Gasteiger partial charge >= 0.3 is 5.97 Å². The maximum Gasteiger partial charge on any atom is 0.325 e. The van der Waals surface area contributed by atoms with E-state index in [0.29, 0.717) is 18.3 Å². The molecule has 144 valence electrons. The van der Waals surface area contributed by atoms with Crippen LogP contribution in [0.2, 0.25) is 0 Å². The molecular formula is C20H20N4O4. The number of esters is 1. The average molecular weight is 380 g/mol. The second kappa shape index (κ2) is 9.40. The van der Waals surface area contributed by atoms with E-state index in [9.17, 15) is 9.59 Å². The third-order valence-electron chi connectivity index (χ3n) is 4.08. The van der Waals surface area contributed by atoms with Gasteiger partial charge in [-0.2, -0.15) is 4.98 Å². The standard InChI is InChI=1S/C20H20N4O4/c1-27-19(26)14-24(13-15-5-3-2-4-6-15)18(25)8-7-17-22-20(23-28-17)16-9-11-21-12-10-16/h2-6,9-12H,7-8,13-14H2,1H3. The van der Waals surface area contributed by atoms with Crippen LogP contribution < -0.4 is 0 Å². The minimum absolute atomic E-state index is 0.115. The fourth-order valence-corrected chi connectivity index (χ4v) is 2.60. The number of benzene rings is 1. The number of carbonyl (C=O) groups excluding carboxylic acids is 2. The third-order valence-corrected chi connectivity index (χ3v) is 4.08. The van der Waals surface area contributed by atoms with Crippen molar-refractivity contribution < 1.29 is 18.8 Å². The molecule has 1 amide bonds. The Balaban J connectivity index is 1.63. The molecule has 0 unspecified atom stereocenters. The Labute approximate surface area is 162 Å². The second-order valence-electron chi connectivity index (χ2n) is 6.06. The average Bonchev–Trinajstić information content (AvgIpc) is 3.22. The fourth-order valence-electron chi connectivity index (χ4n) is 2.60. The monoisotopic (exact) mass is 380 g/mol. The van der Waals surface area contributed by atoms with Crippen molar-refractivity contribution in [3.63, 3.8) is 0 Å². The van der Waals surface area contributed by atoms with Crippen LogP contribution in [0.25, 0.3) is 11.4 Å². The Morgan fingerprint density at radius 2 is 1.86 bits per heavy atom. The first kappa shape index (κ1) is 19.2. The first-order valence-corrected chi connectivity index (χ1v) is 8.77. The molecule has 0 aliphatic heterocycles. The molecule has 3 rings (SSSR count). The van der Waals surface area contributed by atoms with Crippen LogP contribution in [0.15, 0.2) is 59.4 Å². The lowest BCUT2D eigenvalue weighted by Gasteiger charge is -2.21. The summed E-state index contributed by atoms with van der Waals surface area (Å²) in [5.41, 5.74) is 1.71. The van der Waals surface area contributed by atoms with Gasteiger partial charge in [0.15, 0.2) is 0 Å². The summed E-state index contributed by atoms with van der Waals surface area (Å²) < 4.78 is 9.93. The van der Waals surface area contributed by atoms with E-state index in [1.54, 1.807) is 24.5 Å². The zero-order valence-electron chi connectivity index (χ0n) is 15.4. The molecule has 8 heteroatoms. The minimum atomic E-state index is -0.470. The molecule has 0 fully saturated rings. The summed E-state index contributed by atoms with van der Waals surface area (Å²) in [5, 5.41) is 3.93. The van der Waals surface area contributed by atoms with Crippen molar-refractivity contribution in [3.05, 3.63) is 66.3 Å². The van der Waals surface area contributed by atoms with E-state index in [-0.39, 0.29) is 25.3 Å². The Hall–Kier alpha value is -3.55. The van der Waals surface area contributed by atoms with Gasteiger partial charge in [-0.05, 0) is 17.7 Å². The van der Waals surface area contributed by atoms with Gasteiger partial charge in [-0.1, -0.05) is 35.5 Å². The molecule has 3 aromatic rings. The first-order chi connectivity index (χ1) is 13.7. The summed E-state index contributed by atoms with van der Waals surface area (Å²) in [6, 6.07) is 13.0. The number of methoxy groups -OCH3 is 1. The normalized spacial score (nSPS) is 10.5. The van der Waals surface area contributed by atoms with Crippen LogP contribution in [0.4, 0.5) is 0 Å². The maximum atomic E-state index is 12.7. The van der Waals surface area contributed by atoms with E-state index in [0.717, 1.165) is 11.1 Å². The van der Waals surface area contributed by atoms with E-state index in [1.807, 2.05) is 30.3 Å². The van der Waals surface area contributed by atoms with Gasteiger partial charge in [-0.3, -0.25) is 14.6 Å². The molecule has 0 atom stereocenters. The van der Waals surface area contributed by atoms with Crippen LogP contribution in [0, 0.1) is 0 Å². The minimum Gasteiger partial charge on any atom is -0.468 e. The molecule has 28 heavy (non-hydrogen) atoms. The van der Waals surface area contributed by atoms with Crippen LogP contribution in [0.1, 0.15) is 17.9 Å².